The number of aromatic carboxylic acids is 1. The van der Waals surface area contributed by atoms with Crippen LogP contribution in [0.5, 0.6) is 5.75 Å². The van der Waals surface area contributed by atoms with Crippen LogP contribution in [-0.2, 0) is 4.79 Å². The molecule has 0 saturated heterocycles. The molecule has 0 atom stereocenters. The first-order chi connectivity index (χ1) is 7.08. The summed E-state index contributed by atoms with van der Waals surface area (Å²) < 4.78 is 18.1. The lowest BCUT2D eigenvalue weighted by Crippen LogP contribution is -2.25. The molecular formula is C9H6FNO4. The number of carboxylic acids is 1. The van der Waals surface area contributed by atoms with Crippen molar-refractivity contribution in [3.63, 3.8) is 0 Å². The fourth-order valence-corrected chi connectivity index (χ4v) is 1.27. The molecule has 0 aliphatic carbocycles. The van der Waals surface area contributed by atoms with E-state index in [4.69, 9.17) is 9.84 Å². The number of anilines is 1. The van der Waals surface area contributed by atoms with Crippen LogP contribution in [0.2, 0.25) is 0 Å². The summed E-state index contributed by atoms with van der Waals surface area (Å²) in [7, 11) is 0. The minimum Gasteiger partial charge on any atom is -0.481 e. The first kappa shape index (κ1) is 9.45. The fraction of sp³-hybridized carbons (Fsp3) is 0.111. The van der Waals surface area contributed by atoms with Crippen LogP contribution in [-0.4, -0.2) is 23.6 Å². The number of benzene rings is 1. The number of nitrogens with one attached hydrogen (secondary N) is 1. The molecule has 78 valence electrons. The molecule has 0 aromatic heterocycles. The van der Waals surface area contributed by atoms with Crippen molar-refractivity contribution in [2.45, 2.75) is 0 Å². The molecule has 1 aromatic rings. The molecule has 0 unspecified atom stereocenters. The molecule has 15 heavy (non-hydrogen) atoms. The van der Waals surface area contributed by atoms with Gasteiger partial charge in [-0.05, 0) is 6.07 Å². The maximum absolute atomic E-state index is 13.2. The van der Waals surface area contributed by atoms with Crippen LogP contribution in [0.4, 0.5) is 10.1 Å². The Kier molecular flexibility index (Phi) is 2.03. The van der Waals surface area contributed by atoms with Gasteiger partial charge in [0.15, 0.2) is 6.61 Å². The largest absolute Gasteiger partial charge is 0.481 e. The van der Waals surface area contributed by atoms with E-state index in [9.17, 15) is 14.0 Å². The van der Waals surface area contributed by atoms with Crippen LogP contribution in [0.15, 0.2) is 12.1 Å². The standard InChI is InChI=1S/C9H6FNO4/c10-5-2-7-6(1-4(5)9(13)14)11-8(12)3-15-7/h1-2H,3H2,(H,11,12)(H,13,14). The molecular weight excluding hydrogens is 205 g/mol. The van der Waals surface area contributed by atoms with E-state index in [2.05, 4.69) is 5.32 Å². The maximum atomic E-state index is 13.2. The van der Waals surface area contributed by atoms with Gasteiger partial charge in [-0.25, -0.2) is 9.18 Å². The van der Waals surface area contributed by atoms with Gasteiger partial charge in [-0.2, -0.15) is 0 Å². The second kappa shape index (κ2) is 3.23. The van der Waals surface area contributed by atoms with Crippen molar-refractivity contribution in [3.8, 4) is 5.75 Å². The summed E-state index contributed by atoms with van der Waals surface area (Å²) in [5.41, 5.74) is -0.329. The second-order valence-electron chi connectivity index (χ2n) is 2.97. The van der Waals surface area contributed by atoms with Gasteiger partial charge >= 0.3 is 5.97 Å². The van der Waals surface area contributed by atoms with Crippen LogP contribution in [0.25, 0.3) is 0 Å². The molecule has 0 bridgehead atoms. The summed E-state index contributed by atoms with van der Waals surface area (Å²) in [4.78, 5) is 21.5. The molecule has 1 aromatic carbocycles. The average Bonchev–Trinajstić information content (AvgIpc) is 2.17. The van der Waals surface area contributed by atoms with Crippen molar-refractivity contribution in [2.75, 3.05) is 11.9 Å². The molecule has 2 rings (SSSR count). The van der Waals surface area contributed by atoms with Gasteiger partial charge < -0.3 is 15.2 Å². The highest BCUT2D eigenvalue weighted by Crippen LogP contribution is 2.30. The predicted octanol–water partition coefficient (Wildman–Crippen LogP) is 0.855. The van der Waals surface area contributed by atoms with E-state index in [1.165, 1.54) is 0 Å². The zero-order chi connectivity index (χ0) is 11.0. The number of amides is 1. The number of carbonyl (C=O) groups excluding carboxylic acids is 1. The predicted molar refractivity (Wildman–Crippen MR) is 47.5 cm³/mol. The Morgan fingerprint density at radius 1 is 1.53 bits per heavy atom. The van der Waals surface area contributed by atoms with E-state index < -0.39 is 23.3 Å². The maximum Gasteiger partial charge on any atom is 0.338 e. The van der Waals surface area contributed by atoms with Crippen LogP contribution >= 0.6 is 0 Å². The van der Waals surface area contributed by atoms with Crippen molar-refractivity contribution >= 4 is 17.6 Å². The Hall–Kier alpha value is -2.11. The van der Waals surface area contributed by atoms with Gasteiger partial charge in [0.05, 0.1) is 11.3 Å². The normalized spacial score (nSPS) is 13.8. The highest BCUT2D eigenvalue weighted by molar-refractivity contribution is 5.98. The number of rotatable bonds is 1. The first-order valence-corrected chi connectivity index (χ1v) is 4.07. The van der Waals surface area contributed by atoms with Crippen molar-refractivity contribution in [1.29, 1.82) is 0 Å². The molecule has 1 heterocycles. The molecule has 2 N–H and O–H groups in total. The van der Waals surface area contributed by atoms with E-state index in [-0.39, 0.29) is 18.0 Å². The fourth-order valence-electron chi connectivity index (χ4n) is 1.27. The van der Waals surface area contributed by atoms with Gasteiger partial charge in [-0.1, -0.05) is 0 Å². The third kappa shape index (κ3) is 1.61. The van der Waals surface area contributed by atoms with Gasteiger partial charge in [0, 0.05) is 6.07 Å². The average molecular weight is 211 g/mol. The van der Waals surface area contributed by atoms with Crippen molar-refractivity contribution in [1.82, 2.24) is 0 Å². The van der Waals surface area contributed by atoms with Crippen LogP contribution in [0.1, 0.15) is 10.4 Å². The Labute approximate surface area is 83.5 Å². The number of fused-ring (bicyclic) bond motifs is 1. The van der Waals surface area contributed by atoms with Gasteiger partial charge in [0.2, 0.25) is 0 Å². The molecule has 1 aliphatic rings. The van der Waals surface area contributed by atoms with Crippen molar-refractivity contribution < 1.29 is 23.8 Å². The third-order valence-electron chi connectivity index (χ3n) is 1.93. The highest BCUT2D eigenvalue weighted by Gasteiger charge is 2.21. The number of ether oxygens (including phenoxy) is 1. The van der Waals surface area contributed by atoms with E-state index in [1.807, 2.05) is 0 Å². The topological polar surface area (TPSA) is 75.6 Å². The second-order valence-corrected chi connectivity index (χ2v) is 2.97. The van der Waals surface area contributed by atoms with Gasteiger partial charge in [0.1, 0.15) is 11.6 Å². The molecule has 6 heteroatoms. The quantitative estimate of drug-likeness (QED) is 0.722. The number of carbonyl (C=O) groups is 2. The van der Waals surface area contributed by atoms with Gasteiger partial charge in [0.25, 0.3) is 5.91 Å². The van der Waals surface area contributed by atoms with Crippen LogP contribution in [0, 0.1) is 5.82 Å². The first-order valence-electron chi connectivity index (χ1n) is 4.07. The lowest BCUT2D eigenvalue weighted by Gasteiger charge is -2.18. The molecule has 5 nitrogen and oxygen atoms in total. The highest BCUT2D eigenvalue weighted by atomic mass is 19.1. The van der Waals surface area contributed by atoms with Gasteiger partial charge in [-0.3, -0.25) is 4.79 Å². The Morgan fingerprint density at radius 2 is 2.27 bits per heavy atom. The summed E-state index contributed by atoms with van der Waals surface area (Å²) in [5, 5.41) is 11.0. The van der Waals surface area contributed by atoms with E-state index >= 15 is 0 Å². The third-order valence-corrected chi connectivity index (χ3v) is 1.93. The number of carboxylic acid groups (broad SMARTS) is 1. The van der Waals surface area contributed by atoms with Crippen molar-refractivity contribution in [2.24, 2.45) is 0 Å². The smallest absolute Gasteiger partial charge is 0.338 e. The number of halogens is 1. The van der Waals surface area contributed by atoms with Crippen LogP contribution < -0.4 is 10.1 Å². The van der Waals surface area contributed by atoms with E-state index in [0.717, 1.165) is 12.1 Å². The van der Waals surface area contributed by atoms with Crippen molar-refractivity contribution in [3.05, 3.63) is 23.5 Å². The Bertz CT molecular complexity index is 458. The summed E-state index contributed by atoms with van der Waals surface area (Å²) >= 11 is 0. The molecule has 0 spiro atoms. The Morgan fingerprint density at radius 3 is 2.93 bits per heavy atom. The molecule has 0 radical (unpaired) electrons. The van der Waals surface area contributed by atoms with Gasteiger partial charge in [-0.15, -0.1) is 0 Å². The summed E-state index contributed by atoms with van der Waals surface area (Å²) in [6.45, 7) is -0.196. The SMILES string of the molecule is O=C1COc2cc(F)c(C(=O)O)cc2N1. The lowest BCUT2D eigenvalue weighted by atomic mass is 10.1. The summed E-state index contributed by atoms with van der Waals surface area (Å²) in [5.74, 6) is -2.55. The number of hydrogen-bond acceptors (Lipinski definition) is 3. The van der Waals surface area contributed by atoms with Crippen LogP contribution in [0.3, 0.4) is 0 Å². The minimum absolute atomic E-state index is 0.136. The number of hydrogen-bond donors (Lipinski definition) is 2. The zero-order valence-corrected chi connectivity index (χ0v) is 7.41. The Balaban J connectivity index is 2.51. The lowest BCUT2D eigenvalue weighted by molar-refractivity contribution is -0.118. The summed E-state index contributed by atoms with van der Waals surface area (Å²) in [6, 6.07) is 1.97. The zero-order valence-electron chi connectivity index (χ0n) is 7.41. The summed E-state index contributed by atoms with van der Waals surface area (Å²) in [6.07, 6.45) is 0. The minimum atomic E-state index is -1.39. The monoisotopic (exact) mass is 211 g/mol. The molecule has 1 aliphatic heterocycles. The molecule has 1 amide bonds. The van der Waals surface area contributed by atoms with E-state index in [1.54, 1.807) is 0 Å². The molecule has 0 fully saturated rings. The van der Waals surface area contributed by atoms with E-state index in [0.29, 0.717) is 0 Å². The molecule has 0 saturated carbocycles.